The monoisotopic (exact) mass is 315 g/mol. The van der Waals surface area contributed by atoms with Gasteiger partial charge >= 0.3 is 0 Å². The average Bonchev–Trinajstić information content (AvgIpc) is 2.48. The van der Waals surface area contributed by atoms with E-state index in [0.717, 1.165) is 5.56 Å². The number of rotatable bonds is 6. The Hall–Kier alpha value is -2.47. The number of aromatic nitrogens is 2. The van der Waals surface area contributed by atoms with E-state index in [4.69, 9.17) is 5.11 Å². The number of aliphatic hydroxyl groups excluding tert-OH is 1. The third kappa shape index (κ3) is 4.75. The van der Waals surface area contributed by atoms with E-state index < -0.39 is 0 Å². The number of hydrogen-bond acceptors (Lipinski definition) is 4. The molecular formula is C17H21N3O3. The maximum absolute atomic E-state index is 12.0. The predicted molar refractivity (Wildman–Crippen MR) is 88.5 cm³/mol. The quantitative estimate of drug-likeness (QED) is 0.752. The lowest BCUT2D eigenvalue weighted by molar-refractivity contribution is -0.116. The van der Waals surface area contributed by atoms with Crippen molar-refractivity contribution in [3.63, 3.8) is 0 Å². The highest BCUT2D eigenvalue weighted by Gasteiger charge is 2.10. The summed E-state index contributed by atoms with van der Waals surface area (Å²) in [5.74, 6) is 0.419. The van der Waals surface area contributed by atoms with Gasteiger partial charge in [-0.1, -0.05) is 12.1 Å². The lowest BCUT2D eigenvalue weighted by atomic mass is 10.1. The number of benzene rings is 1. The molecule has 0 bridgehead atoms. The zero-order chi connectivity index (χ0) is 16.8. The Morgan fingerprint density at radius 3 is 2.52 bits per heavy atom. The van der Waals surface area contributed by atoms with E-state index in [-0.39, 0.29) is 24.5 Å². The van der Waals surface area contributed by atoms with Gasteiger partial charge in [0.1, 0.15) is 5.82 Å². The van der Waals surface area contributed by atoms with Gasteiger partial charge < -0.3 is 15.4 Å². The molecule has 2 rings (SSSR count). The van der Waals surface area contributed by atoms with Crippen molar-refractivity contribution in [2.75, 3.05) is 11.9 Å². The van der Waals surface area contributed by atoms with Crippen LogP contribution in [-0.2, 0) is 17.6 Å². The molecule has 0 aliphatic carbocycles. The van der Waals surface area contributed by atoms with Crippen LogP contribution in [0.3, 0.4) is 0 Å². The normalized spacial score (nSPS) is 10.6. The molecule has 6 heteroatoms. The Labute approximate surface area is 134 Å². The van der Waals surface area contributed by atoms with Crippen molar-refractivity contribution >= 4 is 11.6 Å². The van der Waals surface area contributed by atoms with Crippen molar-refractivity contribution in [3.8, 4) is 0 Å². The van der Waals surface area contributed by atoms with Crippen molar-refractivity contribution in [2.24, 2.45) is 0 Å². The minimum absolute atomic E-state index is 0.101. The summed E-state index contributed by atoms with van der Waals surface area (Å²) in [6, 6.07) is 7.33. The molecule has 0 fully saturated rings. The first-order valence-electron chi connectivity index (χ1n) is 7.55. The number of aliphatic hydroxyl groups is 1. The number of aromatic amines is 1. The van der Waals surface area contributed by atoms with Crippen molar-refractivity contribution < 1.29 is 9.90 Å². The van der Waals surface area contributed by atoms with Crippen LogP contribution >= 0.6 is 0 Å². The largest absolute Gasteiger partial charge is 0.396 e. The van der Waals surface area contributed by atoms with Crippen molar-refractivity contribution in [3.05, 3.63) is 57.3 Å². The van der Waals surface area contributed by atoms with Crippen molar-refractivity contribution in [2.45, 2.75) is 33.1 Å². The van der Waals surface area contributed by atoms with Gasteiger partial charge in [0.2, 0.25) is 5.91 Å². The Morgan fingerprint density at radius 2 is 1.91 bits per heavy atom. The highest BCUT2D eigenvalue weighted by molar-refractivity contribution is 5.90. The number of aryl methyl sites for hydroxylation is 2. The van der Waals surface area contributed by atoms with Crippen LogP contribution in [0, 0.1) is 13.8 Å². The SMILES string of the molecule is Cc1nc(C)c(CCC(=O)Nc2ccc(CCO)cc2)c(=O)[nH]1. The van der Waals surface area contributed by atoms with E-state index in [9.17, 15) is 9.59 Å². The van der Waals surface area contributed by atoms with Gasteiger partial charge in [-0.3, -0.25) is 9.59 Å². The molecule has 0 radical (unpaired) electrons. The standard InChI is InChI=1S/C17H21N3O3/c1-11-15(17(23)19-12(2)18-11)7-8-16(22)20-14-5-3-13(4-6-14)9-10-21/h3-6,21H,7-10H2,1-2H3,(H,20,22)(H,18,19,23). The molecule has 3 N–H and O–H groups in total. The van der Waals surface area contributed by atoms with E-state index >= 15 is 0 Å². The molecule has 0 unspecified atom stereocenters. The number of anilines is 1. The first kappa shape index (κ1) is 16.9. The summed E-state index contributed by atoms with van der Waals surface area (Å²) in [7, 11) is 0. The number of nitrogens with one attached hydrogen (secondary N) is 2. The fraction of sp³-hybridized carbons (Fsp3) is 0.353. The highest BCUT2D eigenvalue weighted by Crippen LogP contribution is 2.11. The molecule has 0 spiro atoms. The van der Waals surface area contributed by atoms with Crippen LogP contribution in [0.4, 0.5) is 5.69 Å². The summed E-state index contributed by atoms with van der Waals surface area (Å²) in [5, 5.41) is 11.7. The van der Waals surface area contributed by atoms with Crippen molar-refractivity contribution in [1.29, 1.82) is 0 Å². The van der Waals surface area contributed by atoms with Crippen LogP contribution in [0.2, 0.25) is 0 Å². The van der Waals surface area contributed by atoms with Crippen LogP contribution < -0.4 is 10.9 Å². The smallest absolute Gasteiger partial charge is 0.254 e. The first-order valence-corrected chi connectivity index (χ1v) is 7.55. The third-order valence-corrected chi connectivity index (χ3v) is 3.58. The Balaban J connectivity index is 1.94. The molecule has 1 amide bonds. The van der Waals surface area contributed by atoms with Gasteiger partial charge in [0.05, 0.1) is 0 Å². The molecule has 0 saturated heterocycles. The number of nitrogens with zero attached hydrogens (tertiary/aromatic N) is 1. The summed E-state index contributed by atoms with van der Waals surface area (Å²) in [4.78, 5) is 30.8. The molecule has 1 aromatic carbocycles. The van der Waals surface area contributed by atoms with E-state index in [1.807, 2.05) is 12.1 Å². The first-order chi connectivity index (χ1) is 11.0. The summed E-state index contributed by atoms with van der Waals surface area (Å²) >= 11 is 0. The molecule has 1 aromatic heterocycles. The summed E-state index contributed by atoms with van der Waals surface area (Å²) < 4.78 is 0. The molecule has 0 atom stereocenters. The molecule has 2 aromatic rings. The average molecular weight is 315 g/mol. The number of carbonyl (C=O) groups excluding carboxylic acids is 1. The fourth-order valence-corrected chi connectivity index (χ4v) is 2.39. The summed E-state index contributed by atoms with van der Waals surface area (Å²) in [5.41, 5.74) is 2.73. The second-order valence-electron chi connectivity index (χ2n) is 5.43. The number of H-pyrrole nitrogens is 1. The fourth-order valence-electron chi connectivity index (χ4n) is 2.39. The van der Waals surface area contributed by atoms with Gasteiger partial charge in [-0.15, -0.1) is 0 Å². The minimum atomic E-state index is -0.184. The Kier molecular flexibility index (Phi) is 5.65. The summed E-state index contributed by atoms with van der Waals surface area (Å²) in [6.07, 6.45) is 1.16. The van der Waals surface area contributed by atoms with Crippen LogP contribution in [0.5, 0.6) is 0 Å². The maximum atomic E-state index is 12.0. The van der Waals surface area contributed by atoms with E-state index in [0.29, 0.717) is 35.6 Å². The second-order valence-corrected chi connectivity index (χ2v) is 5.43. The number of carbonyl (C=O) groups is 1. The van der Waals surface area contributed by atoms with E-state index in [2.05, 4.69) is 15.3 Å². The second kappa shape index (κ2) is 7.69. The third-order valence-electron chi connectivity index (χ3n) is 3.58. The molecule has 122 valence electrons. The molecule has 23 heavy (non-hydrogen) atoms. The number of hydrogen-bond donors (Lipinski definition) is 3. The molecule has 0 aliphatic rings. The number of amides is 1. The lowest BCUT2D eigenvalue weighted by Crippen LogP contribution is -2.20. The van der Waals surface area contributed by atoms with Gasteiger partial charge in [0.25, 0.3) is 5.56 Å². The zero-order valence-corrected chi connectivity index (χ0v) is 13.3. The molecular weight excluding hydrogens is 294 g/mol. The van der Waals surface area contributed by atoms with E-state index in [1.54, 1.807) is 26.0 Å². The van der Waals surface area contributed by atoms with Gasteiger partial charge in [0, 0.05) is 30.0 Å². The van der Waals surface area contributed by atoms with Crippen LogP contribution in [0.1, 0.15) is 29.1 Å². The zero-order valence-electron chi connectivity index (χ0n) is 13.3. The Morgan fingerprint density at radius 1 is 1.22 bits per heavy atom. The highest BCUT2D eigenvalue weighted by atomic mass is 16.3. The predicted octanol–water partition coefficient (Wildman–Crippen LogP) is 1.49. The van der Waals surface area contributed by atoms with Crippen LogP contribution in [-0.4, -0.2) is 27.6 Å². The molecule has 0 aliphatic heterocycles. The molecule has 6 nitrogen and oxygen atoms in total. The van der Waals surface area contributed by atoms with Crippen LogP contribution in [0.25, 0.3) is 0 Å². The lowest BCUT2D eigenvalue weighted by Gasteiger charge is -2.07. The van der Waals surface area contributed by atoms with Gasteiger partial charge in [0.15, 0.2) is 0 Å². The summed E-state index contributed by atoms with van der Waals surface area (Å²) in [6.45, 7) is 3.60. The van der Waals surface area contributed by atoms with Gasteiger partial charge in [-0.2, -0.15) is 0 Å². The maximum Gasteiger partial charge on any atom is 0.254 e. The van der Waals surface area contributed by atoms with Crippen LogP contribution in [0.15, 0.2) is 29.1 Å². The molecule has 0 saturated carbocycles. The van der Waals surface area contributed by atoms with Crippen molar-refractivity contribution in [1.82, 2.24) is 9.97 Å². The van der Waals surface area contributed by atoms with E-state index in [1.165, 1.54) is 0 Å². The Bertz CT molecular complexity index is 736. The topological polar surface area (TPSA) is 95.1 Å². The van der Waals surface area contributed by atoms with Gasteiger partial charge in [-0.05, 0) is 44.4 Å². The van der Waals surface area contributed by atoms with Gasteiger partial charge in [-0.25, -0.2) is 4.98 Å². The molecule has 1 heterocycles. The minimum Gasteiger partial charge on any atom is -0.396 e.